The summed E-state index contributed by atoms with van der Waals surface area (Å²) in [5.41, 5.74) is 2.81. The quantitative estimate of drug-likeness (QED) is 0.890. The summed E-state index contributed by atoms with van der Waals surface area (Å²) in [5.74, 6) is 0. The summed E-state index contributed by atoms with van der Waals surface area (Å²) in [6.07, 6.45) is 2.15. The third-order valence-electron chi connectivity index (χ3n) is 4.06. The van der Waals surface area contributed by atoms with Crippen LogP contribution in [0.5, 0.6) is 0 Å². The van der Waals surface area contributed by atoms with Gasteiger partial charge in [0.1, 0.15) is 0 Å². The van der Waals surface area contributed by atoms with Crippen LogP contribution in [0.25, 0.3) is 10.9 Å². The zero-order chi connectivity index (χ0) is 13.5. The van der Waals surface area contributed by atoms with Gasteiger partial charge in [0.05, 0.1) is 0 Å². The summed E-state index contributed by atoms with van der Waals surface area (Å²) in [6.45, 7) is 8.86. The molecule has 4 heteroatoms. The van der Waals surface area contributed by atoms with Crippen LogP contribution in [0.15, 0.2) is 28.9 Å². The highest BCUT2D eigenvalue weighted by atomic mass is 79.9. The van der Waals surface area contributed by atoms with Crippen molar-refractivity contribution in [2.45, 2.75) is 25.9 Å². The van der Waals surface area contributed by atoms with Crippen molar-refractivity contribution < 1.29 is 0 Å². The van der Waals surface area contributed by atoms with E-state index in [1.54, 1.807) is 0 Å². The molecule has 3 rings (SSSR count). The number of aromatic nitrogens is 1. The smallest absolute Gasteiger partial charge is 0.0458 e. The normalized spacial score (nSPS) is 19.9. The Hall–Kier alpha value is -0.840. The molecule has 1 aliphatic heterocycles. The highest BCUT2D eigenvalue weighted by Gasteiger charge is 2.29. The van der Waals surface area contributed by atoms with Crippen molar-refractivity contribution in [2.75, 3.05) is 19.6 Å². The van der Waals surface area contributed by atoms with E-state index in [0.717, 1.165) is 30.7 Å². The number of nitrogens with zero attached hydrogens (tertiary/aromatic N) is 1. The molecule has 2 N–H and O–H groups in total. The minimum atomic E-state index is 0.216. The molecule has 0 radical (unpaired) electrons. The van der Waals surface area contributed by atoms with Gasteiger partial charge in [-0.25, -0.2) is 0 Å². The van der Waals surface area contributed by atoms with Gasteiger partial charge in [0.2, 0.25) is 0 Å². The molecule has 1 aromatic carbocycles. The minimum Gasteiger partial charge on any atom is -0.361 e. The van der Waals surface area contributed by atoms with Crippen molar-refractivity contribution >= 4 is 26.8 Å². The number of rotatable bonds is 2. The van der Waals surface area contributed by atoms with Crippen LogP contribution in [0.4, 0.5) is 0 Å². The Morgan fingerprint density at radius 2 is 2.21 bits per heavy atom. The molecule has 2 heterocycles. The molecule has 1 aromatic heterocycles. The molecular formula is C15H20BrN3. The number of halogens is 1. The van der Waals surface area contributed by atoms with Crippen LogP contribution >= 0.6 is 15.9 Å². The van der Waals surface area contributed by atoms with E-state index in [0.29, 0.717) is 0 Å². The number of fused-ring (bicyclic) bond motifs is 1. The van der Waals surface area contributed by atoms with Gasteiger partial charge in [0.25, 0.3) is 0 Å². The lowest BCUT2D eigenvalue weighted by Crippen LogP contribution is -2.57. The zero-order valence-corrected chi connectivity index (χ0v) is 13.0. The topological polar surface area (TPSA) is 31.1 Å². The molecular weight excluding hydrogens is 302 g/mol. The molecule has 2 aromatic rings. The summed E-state index contributed by atoms with van der Waals surface area (Å²) in [5, 5.41) is 4.80. The van der Waals surface area contributed by atoms with E-state index in [9.17, 15) is 0 Å². The van der Waals surface area contributed by atoms with Gasteiger partial charge in [-0.2, -0.15) is 0 Å². The Labute approximate surface area is 122 Å². The van der Waals surface area contributed by atoms with E-state index in [1.165, 1.54) is 16.5 Å². The number of aromatic amines is 1. The summed E-state index contributed by atoms with van der Waals surface area (Å²) in [4.78, 5) is 5.93. The Kier molecular flexibility index (Phi) is 3.41. The fourth-order valence-electron chi connectivity index (χ4n) is 2.80. The molecule has 0 aliphatic carbocycles. The van der Waals surface area contributed by atoms with Crippen molar-refractivity contribution in [3.05, 3.63) is 34.4 Å². The maximum atomic E-state index is 3.56. The van der Waals surface area contributed by atoms with Gasteiger partial charge in [-0.05, 0) is 37.6 Å². The fourth-order valence-corrected chi connectivity index (χ4v) is 3.16. The molecule has 0 atom stereocenters. The maximum Gasteiger partial charge on any atom is 0.0458 e. The number of benzene rings is 1. The van der Waals surface area contributed by atoms with Gasteiger partial charge in [-0.15, -0.1) is 0 Å². The monoisotopic (exact) mass is 321 g/mol. The van der Waals surface area contributed by atoms with Crippen LogP contribution < -0.4 is 5.32 Å². The summed E-state index contributed by atoms with van der Waals surface area (Å²) >= 11 is 3.56. The van der Waals surface area contributed by atoms with Gasteiger partial charge in [0.15, 0.2) is 0 Å². The summed E-state index contributed by atoms with van der Waals surface area (Å²) in [6, 6.07) is 6.42. The van der Waals surface area contributed by atoms with Crippen LogP contribution in [-0.2, 0) is 6.54 Å². The van der Waals surface area contributed by atoms with Crippen LogP contribution in [0, 0.1) is 0 Å². The third-order valence-corrected chi connectivity index (χ3v) is 4.56. The number of piperazine rings is 1. The van der Waals surface area contributed by atoms with Crippen LogP contribution in [0.3, 0.4) is 0 Å². The predicted molar refractivity (Wildman–Crippen MR) is 83.4 cm³/mol. The number of nitrogens with one attached hydrogen (secondary N) is 2. The van der Waals surface area contributed by atoms with Crippen molar-refractivity contribution in [2.24, 2.45) is 0 Å². The number of H-pyrrole nitrogens is 1. The first kappa shape index (κ1) is 13.2. The molecule has 3 nitrogen and oxygen atoms in total. The Morgan fingerprint density at radius 3 is 3.00 bits per heavy atom. The van der Waals surface area contributed by atoms with E-state index in [2.05, 4.69) is 69.4 Å². The lowest BCUT2D eigenvalue weighted by molar-refractivity contribution is 0.0832. The molecule has 0 amide bonds. The van der Waals surface area contributed by atoms with Crippen molar-refractivity contribution in [1.29, 1.82) is 0 Å². The van der Waals surface area contributed by atoms with Gasteiger partial charge in [-0.1, -0.05) is 15.9 Å². The molecule has 0 unspecified atom stereocenters. The van der Waals surface area contributed by atoms with E-state index in [-0.39, 0.29) is 5.54 Å². The first-order valence-corrected chi connectivity index (χ1v) is 7.57. The minimum absolute atomic E-state index is 0.216. The maximum absolute atomic E-state index is 3.56. The Morgan fingerprint density at radius 1 is 1.37 bits per heavy atom. The highest BCUT2D eigenvalue weighted by Crippen LogP contribution is 2.26. The lowest BCUT2D eigenvalue weighted by Gasteiger charge is -2.42. The first-order valence-electron chi connectivity index (χ1n) is 6.77. The van der Waals surface area contributed by atoms with Gasteiger partial charge < -0.3 is 10.3 Å². The molecule has 1 saturated heterocycles. The second kappa shape index (κ2) is 4.93. The van der Waals surface area contributed by atoms with Crippen LogP contribution in [-0.4, -0.2) is 35.1 Å². The number of hydrogen-bond donors (Lipinski definition) is 2. The lowest BCUT2D eigenvalue weighted by atomic mass is 9.99. The summed E-state index contributed by atoms with van der Waals surface area (Å²) < 4.78 is 1.14. The van der Waals surface area contributed by atoms with Crippen molar-refractivity contribution in [3.8, 4) is 0 Å². The molecule has 1 fully saturated rings. The molecule has 0 bridgehead atoms. The fraction of sp³-hybridized carbons (Fsp3) is 0.467. The van der Waals surface area contributed by atoms with Crippen molar-refractivity contribution in [1.82, 2.24) is 15.2 Å². The van der Waals surface area contributed by atoms with Crippen LogP contribution in [0.2, 0.25) is 0 Å². The van der Waals surface area contributed by atoms with Gasteiger partial charge >= 0.3 is 0 Å². The second-order valence-electron chi connectivity index (χ2n) is 5.91. The summed E-state index contributed by atoms with van der Waals surface area (Å²) in [7, 11) is 0. The molecule has 102 valence electrons. The highest BCUT2D eigenvalue weighted by molar-refractivity contribution is 9.10. The Balaban J connectivity index is 1.90. The predicted octanol–water partition coefficient (Wildman–Crippen LogP) is 3.11. The number of hydrogen-bond acceptors (Lipinski definition) is 2. The molecule has 0 spiro atoms. The van der Waals surface area contributed by atoms with Gasteiger partial charge in [-0.3, -0.25) is 4.90 Å². The van der Waals surface area contributed by atoms with Crippen LogP contribution in [0.1, 0.15) is 19.4 Å². The molecule has 0 saturated carbocycles. The molecule has 1 aliphatic rings. The standard InChI is InChI=1S/C15H20BrN3/c1-15(2)10-17-5-6-19(15)9-11-8-18-14-4-3-12(16)7-13(11)14/h3-4,7-8,17-18H,5-6,9-10H2,1-2H3. The average molecular weight is 322 g/mol. The SMILES string of the molecule is CC1(C)CNCCN1Cc1c[nH]c2ccc(Br)cc12. The Bertz CT molecular complexity index is 588. The van der Waals surface area contributed by atoms with E-state index < -0.39 is 0 Å². The van der Waals surface area contributed by atoms with E-state index in [1.807, 2.05) is 0 Å². The van der Waals surface area contributed by atoms with Crippen molar-refractivity contribution in [3.63, 3.8) is 0 Å². The third kappa shape index (κ3) is 2.57. The average Bonchev–Trinajstić information content (AvgIpc) is 2.74. The molecule has 19 heavy (non-hydrogen) atoms. The zero-order valence-electron chi connectivity index (χ0n) is 11.5. The first-order chi connectivity index (χ1) is 9.06. The van der Waals surface area contributed by atoms with E-state index in [4.69, 9.17) is 0 Å². The van der Waals surface area contributed by atoms with E-state index >= 15 is 0 Å². The largest absolute Gasteiger partial charge is 0.361 e. The second-order valence-corrected chi connectivity index (χ2v) is 6.83. The van der Waals surface area contributed by atoms with Gasteiger partial charge in [0, 0.05) is 53.3 Å².